The second-order valence-corrected chi connectivity index (χ2v) is 4.19. The van der Waals surface area contributed by atoms with E-state index in [1.165, 1.54) is 25.7 Å². The van der Waals surface area contributed by atoms with Crippen LogP contribution in [-0.4, -0.2) is 32.7 Å². The molecule has 1 N–H and O–H groups in total. The molecule has 2 nitrogen and oxygen atoms in total. The van der Waals surface area contributed by atoms with Crippen molar-refractivity contribution in [2.24, 2.45) is 5.92 Å². The highest BCUT2D eigenvalue weighted by molar-refractivity contribution is 4.79. The van der Waals surface area contributed by atoms with Gasteiger partial charge in [0.1, 0.15) is 6.61 Å². The maximum Gasteiger partial charge on any atom is 0.261 e. The lowest BCUT2D eigenvalue weighted by Gasteiger charge is -2.22. The number of ether oxygens (including phenoxy) is 1. The molecule has 1 unspecified atom stereocenters. The van der Waals surface area contributed by atoms with Crippen LogP contribution in [0.15, 0.2) is 0 Å². The molecule has 4 heteroatoms. The maximum absolute atomic E-state index is 11.8. The van der Waals surface area contributed by atoms with Gasteiger partial charge >= 0.3 is 0 Å². The second-order valence-electron chi connectivity index (χ2n) is 4.19. The minimum atomic E-state index is -2.34. The van der Waals surface area contributed by atoms with Crippen molar-refractivity contribution in [1.29, 1.82) is 0 Å². The number of nitrogens with one attached hydrogen (secondary N) is 1. The van der Waals surface area contributed by atoms with Gasteiger partial charge in [0.15, 0.2) is 0 Å². The molecule has 0 bridgehead atoms. The summed E-state index contributed by atoms with van der Waals surface area (Å²) in [5.74, 6) is 0.713. The summed E-state index contributed by atoms with van der Waals surface area (Å²) in [7, 11) is 1.94. The largest absolute Gasteiger partial charge is 0.375 e. The minimum Gasteiger partial charge on any atom is -0.375 e. The molecule has 1 aliphatic carbocycles. The van der Waals surface area contributed by atoms with E-state index in [1.807, 2.05) is 7.05 Å². The van der Waals surface area contributed by atoms with Gasteiger partial charge in [-0.1, -0.05) is 12.8 Å². The molecule has 1 rings (SSSR count). The van der Waals surface area contributed by atoms with Gasteiger partial charge in [0.2, 0.25) is 0 Å². The zero-order valence-electron chi connectivity index (χ0n) is 9.35. The van der Waals surface area contributed by atoms with E-state index in [0.29, 0.717) is 18.6 Å². The highest BCUT2D eigenvalue weighted by atomic mass is 19.3. The summed E-state index contributed by atoms with van der Waals surface area (Å²) in [6.07, 6.45) is 3.64. The van der Waals surface area contributed by atoms with Gasteiger partial charge in [0.25, 0.3) is 6.43 Å². The average Bonchev–Trinajstić information content (AvgIpc) is 2.70. The number of rotatable bonds is 7. The fraction of sp³-hybridized carbons (Fsp3) is 1.00. The van der Waals surface area contributed by atoms with Crippen molar-refractivity contribution < 1.29 is 13.5 Å². The van der Waals surface area contributed by atoms with Gasteiger partial charge in [0.05, 0.1) is 0 Å². The SMILES string of the molecule is CNC(CCOCC(F)F)C1CCCC1. The third-order valence-electron chi connectivity index (χ3n) is 3.16. The smallest absolute Gasteiger partial charge is 0.261 e. The molecule has 1 aliphatic rings. The van der Waals surface area contributed by atoms with Crippen molar-refractivity contribution in [3.63, 3.8) is 0 Å². The number of halogens is 2. The third kappa shape index (κ3) is 4.89. The van der Waals surface area contributed by atoms with Gasteiger partial charge < -0.3 is 10.1 Å². The molecule has 1 atom stereocenters. The van der Waals surface area contributed by atoms with E-state index < -0.39 is 13.0 Å². The Balaban J connectivity index is 2.10. The quantitative estimate of drug-likeness (QED) is 0.667. The summed E-state index contributed by atoms with van der Waals surface area (Å²) in [4.78, 5) is 0. The van der Waals surface area contributed by atoms with E-state index in [9.17, 15) is 8.78 Å². The molecule has 0 amide bonds. The molecular formula is C11H21F2NO. The monoisotopic (exact) mass is 221 g/mol. The Bertz CT molecular complexity index is 161. The summed E-state index contributed by atoms with van der Waals surface area (Å²) < 4.78 is 28.5. The van der Waals surface area contributed by atoms with Crippen molar-refractivity contribution in [3.8, 4) is 0 Å². The molecule has 0 aromatic carbocycles. The summed E-state index contributed by atoms with van der Waals surface area (Å²) in [5, 5.41) is 3.26. The van der Waals surface area contributed by atoms with Crippen LogP contribution in [0, 0.1) is 5.92 Å². The van der Waals surface area contributed by atoms with Crippen LogP contribution in [0.3, 0.4) is 0 Å². The van der Waals surface area contributed by atoms with Crippen molar-refractivity contribution in [1.82, 2.24) is 5.32 Å². The molecule has 0 aromatic heterocycles. The van der Waals surface area contributed by atoms with Gasteiger partial charge in [-0.2, -0.15) is 0 Å². The van der Waals surface area contributed by atoms with Crippen LogP contribution in [0.25, 0.3) is 0 Å². The first-order valence-corrected chi connectivity index (χ1v) is 5.77. The molecule has 0 saturated heterocycles. The summed E-state index contributed by atoms with van der Waals surface area (Å²) >= 11 is 0. The third-order valence-corrected chi connectivity index (χ3v) is 3.16. The Hall–Kier alpha value is -0.220. The zero-order chi connectivity index (χ0) is 11.1. The molecule has 0 radical (unpaired) electrons. The lowest BCUT2D eigenvalue weighted by atomic mass is 9.96. The van der Waals surface area contributed by atoms with E-state index in [0.717, 1.165) is 6.42 Å². The zero-order valence-corrected chi connectivity index (χ0v) is 9.35. The van der Waals surface area contributed by atoms with Crippen LogP contribution >= 0.6 is 0 Å². The van der Waals surface area contributed by atoms with Crippen LogP contribution < -0.4 is 5.32 Å². The maximum atomic E-state index is 11.8. The predicted octanol–water partition coefficient (Wildman–Crippen LogP) is 2.44. The van der Waals surface area contributed by atoms with Gasteiger partial charge in [-0.25, -0.2) is 8.78 Å². The number of alkyl halides is 2. The Morgan fingerprint density at radius 2 is 2.00 bits per heavy atom. The number of hydrogen-bond donors (Lipinski definition) is 1. The Labute approximate surface area is 90.4 Å². The van der Waals surface area contributed by atoms with Gasteiger partial charge in [-0.15, -0.1) is 0 Å². The molecule has 15 heavy (non-hydrogen) atoms. The highest BCUT2D eigenvalue weighted by Gasteiger charge is 2.23. The summed E-state index contributed by atoms with van der Waals surface area (Å²) in [5.41, 5.74) is 0. The van der Waals surface area contributed by atoms with Crippen molar-refractivity contribution in [2.45, 2.75) is 44.6 Å². The summed E-state index contributed by atoms with van der Waals surface area (Å²) in [6.45, 7) is 0.00739. The van der Waals surface area contributed by atoms with Crippen LogP contribution in [0.2, 0.25) is 0 Å². The van der Waals surface area contributed by atoms with E-state index in [4.69, 9.17) is 4.74 Å². The van der Waals surface area contributed by atoms with Gasteiger partial charge in [-0.3, -0.25) is 0 Å². The van der Waals surface area contributed by atoms with Crippen LogP contribution in [0.4, 0.5) is 8.78 Å². The molecule has 1 fully saturated rings. The van der Waals surface area contributed by atoms with E-state index in [1.54, 1.807) is 0 Å². The standard InChI is InChI=1S/C11H21F2NO/c1-14-10(9-4-2-3-5-9)6-7-15-8-11(12)13/h9-11,14H,2-8H2,1H3. The fourth-order valence-corrected chi connectivity index (χ4v) is 2.36. The fourth-order valence-electron chi connectivity index (χ4n) is 2.36. The van der Waals surface area contributed by atoms with Crippen LogP contribution in [-0.2, 0) is 4.74 Å². The van der Waals surface area contributed by atoms with Crippen molar-refractivity contribution in [3.05, 3.63) is 0 Å². The average molecular weight is 221 g/mol. The lowest BCUT2D eigenvalue weighted by Crippen LogP contribution is -2.33. The molecule has 90 valence electrons. The second kappa shape index (κ2) is 7.12. The van der Waals surface area contributed by atoms with Crippen molar-refractivity contribution in [2.75, 3.05) is 20.3 Å². The van der Waals surface area contributed by atoms with E-state index >= 15 is 0 Å². The minimum absolute atomic E-state index is 0.429. The lowest BCUT2D eigenvalue weighted by molar-refractivity contribution is 0.0131. The highest BCUT2D eigenvalue weighted by Crippen LogP contribution is 2.28. The van der Waals surface area contributed by atoms with E-state index in [-0.39, 0.29) is 0 Å². The molecular weight excluding hydrogens is 200 g/mol. The van der Waals surface area contributed by atoms with Crippen LogP contribution in [0.5, 0.6) is 0 Å². The Kier molecular flexibility index (Phi) is 6.10. The predicted molar refractivity (Wildman–Crippen MR) is 56.2 cm³/mol. The normalized spacial score (nSPS) is 20.0. The molecule has 0 spiro atoms. The molecule has 0 heterocycles. The summed E-state index contributed by atoms with van der Waals surface area (Å²) in [6, 6.07) is 0.435. The topological polar surface area (TPSA) is 21.3 Å². The first kappa shape index (κ1) is 12.8. The van der Waals surface area contributed by atoms with Gasteiger partial charge in [-0.05, 0) is 32.2 Å². The molecule has 1 saturated carbocycles. The first-order valence-electron chi connectivity index (χ1n) is 5.77. The van der Waals surface area contributed by atoms with Crippen molar-refractivity contribution >= 4 is 0 Å². The first-order chi connectivity index (χ1) is 7.24. The number of hydrogen-bond acceptors (Lipinski definition) is 2. The Morgan fingerprint density at radius 3 is 2.53 bits per heavy atom. The molecule has 0 aromatic rings. The molecule has 0 aliphatic heterocycles. The Morgan fingerprint density at radius 1 is 1.33 bits per heavy atom. The van der Waals surface area contributed by atoms with Gasteiger partial charge in [0, 0.05) is 12.6 Å². The van der Waals surface area contributed by atoms with E-state index in [2.05, 4.69) is 5.32 Å². The van der Waals surface area contributed by atoms with Crippen LogP contribution in [0.1, 0.15) is 32.1 Å².